The number of carbonyl (C=O) groups excluding carboxylic acids is 1. The third-order valence-corrected chi connectivity index (χ3v) is 6.05. The molecule has 4 heterocycles. The van der Waals surface area contributed by atoms with E-state index >= 15 is 0 Å². The Kier molecular flexibility index (Phi) is 5.82. The smallest absolute Gasteiger partial charge is 0.249 e. The summed E-state index contributed by atoms with van der Waals surface area (Å²) in [5.41, 5.74) is 1.02. The summed E-state index contributed by atoms with van der Waals surface area (Å²) >= 11 is 0. The highest BCUT2D eigenvalue weighted by Gasteiger charge is 2.41. The summed E-state index contributed by atoms with van der Waals surface area (Å²) in [6.45, 7) is 7.46. The lowest BCUT2D eigenvalue weighted by Gasteiger charge is -2.34. The Morgan fingerprint density at radius 2 is 2.08 bits per heavy atom. The summed E-state index contributed by atoms with van der Waals surface area (Å²) in [4.78, 5) is 21.6. The Morgan fingerprint density at radius 3 is 2.88 bits per heavy atom. The number of pyridine rings is 1. The quantitative estimate of drug-likeness (QED) is 0.830. The van der Waals surface area contributed by atoms with Crippen LogP contribution in [0.2, 0.25) is 0 Å². The maximum Gasteiger partial charge on any atom is 0.249 e. The number of nitrogens with one attached hydrogen (secondary N) is 1. The topological polar surface area (TPSA) is 57.7 Å². The van der Waals surface area contributed by atoms with E-state index in [0.717, 1.165) is 38.0 Å². The lowest BCUT2D eigenvalue weighted by Crippen LogP contribution is -2.45. The van der Waals surface area contributed by atoms with E-state index in [4.69, 9.17) is 4.74 Å². The minimum Gasteiger partial charge on any atom is -0.364 e. The van der Waals surface area contributed by atoms with Gasteiger partial charge in [-0.1, -0.05) is 6.07 Å². The van der Waals surface area contributed by atoms with Crippen LogP contribution >= 0.6 is 0 Å². The standard InChI is InChI=1S/C20H30N4O2/c25-20(22-14-16-4-3-6-21-13-16)18-12-17-5-9-24(15-19(17)26-18)11-10-23-7-1-2-8-23/h3-4,6,13,17-19H,1-2,5,7-12,14-15H2,(H,22,25)/t17-,18+,19+/m1/s1. The monoisotopic (exact) mass is 358 g/mol. The van der Waals surface area contributed by atoms with Crippen molar-refractivity contribution in [3.05, 3.63) is 30.1 Å². The summed E-state index contributed by atoms with van der Waals surface area (Å²) in [5, 5.41) is 3.00. The molecule has 6 heteroatoms. The largest absolute Gasteiger partial charge is 0.364 e. The van der Waals surface area contributed by atoms with Crippen LogP contribution in [-0.2, 0) is 16.1 Å². The highest BCUT2D eigenvalue weighted by Crippen LogP contribution is 2.33. The second-order valence-electron chi connectivity index (χ2n) is 7.88. The normalized spacial score (nSPS) is 29.6. The maximum absolute atomic E-state index is 12.5. The van der Waals surface area contributed by atoms with Crippen molar-refractivity contribution in [2.24, 2.45) is 5.92 Å². The van der Waals surface area contributed by atoms with E-state index in [0.29, 0.717) is 12.5 Å². The van der Waals surface area contributed by atoms with Gasteiger partial charge in [-0.15, -0.1) is 0 Å². The van der Waals surface area contributed by atoms with Crippen molar-refractivity contribution in [1.82, 2.24) is 20.1 Å². The summed E-state index contributed by atoms with van der Waals surface area (Å²) in [5.74, 6) is 0.555. The van der Waals surface area contributed by atoms with Crippen molar-refractivity contribution in [2.45, 2.75) is 44.4 Å². The molecule has 0 aliphatic carbocycles. The molecule has 0 aromatic carbocycles. The molecule has 1 aromatic rings. The van der Waals surface area contributed by atoms with Gasteiger partial charge in [0.25, 0.3) is 0 Å². The third kappa shape index (κ3) is 4.42. The number of ether oxygens (including phenoxy) is 1. The van der Waals surface area contributed by atoms with Crippen molar-refractivity contribution < 1.29 is 9.53 Å². The first kappa shape index (κ1) is 17.9. The van der Waals surface area contributed by atoms with Gasteiger partial charge in [0.05, 0.1) is 6.10 Å². The molecule has 0 radical (unpaired) electrons. The fourth-order valence-corrected chi connectivity index (χ4v) is 4.46. The molecule has 4 rings (SSSR count). The SMILES string of the molecule is O=C(NCc1cccnc1)[C@@H]1C[C@H]2CCN(CCN3CCCC3)C[C@@H]2O1. The molecule has 142 valence electrons. The molecule has 0 spiro atoms. The van der Waals surface area contributed by atoms with Crippen molar-refractivity contribution in [1.29, 1.82) is 0 Å². The fraction of sp³-hybridized carbons (Fsp3) is 0.700. The molecule has 3 aliphatic rings. The van der Waals surface area contributed by atoms with Gasteiger partial charge in [0.1, 0.15) is 6.10 Å². The zero-order valence-corrected chi connectivity index (χ0v) is 15.5. The molecule has 3 fully saturated rings. The second-order valence-corrected chi connectivity index (χ2v) is 7.88. The lowest BCUT2D eigenvalue weighted by atomic mass is 9.91. The fourth-order valence-electron chi connectivity index (χ4n) is 4.46. The van der Waals surface area contributed by atoms with Gasteiger partial charge in [0.15, 0.2) is 0 Å². The first-order valence-electron chi connectivity index (χ1n) is 10.0. The first-order valence-corrected chi connectivity index (χ1v) is 10.0. The molecule has 0 saturated carbocycles. The summed E-state index contributed by atoms with van der Waals surface area (Å²) in [6, 6.07) is 3.86. The number of likely N-dealkylation sites (tertiary alicyclic amines) is 2. The van der Waals surface area contributed by atoms with Crippen LogP contribution in [0.4, 0.5) is 0 Å². The number of aromatic nitrogens is 1. The highest BCUT2D eigenvalue weighted by atomic mass is 16.5. The molecule has 1 N–H and O–H groups in total. The van der Waals surface area contributed by atoms with E-state index in [1.807, 2.05) is 12.1 Å². The molecule has 6 nitrogen and oxygen atoms in total. The van der Waals surface area contributed by atoms with Gasteiger partial charge in [-0.3, -0.25) is 14.7 Å². The predicted octanol–water partition coefficient (Wildman–Crippen LogP) is 1.27. The van der Waals surface area contributed by atoms with E-state index in [-0.39, 0.29) is 18.1 Å². The van der Waals surface area contributed by atoms with E-state index in [2.05, 4.69) is 20.1 Å². The molecule has 0 bridgehead atoms. The van der Waals surface area contributed by atoms with Crippen molar-refractivity contribution in [3.8, 4) is 0 Å². The number of nitrogens with zero attached hydrogens (tertiary/aromatic N) is 3. The zero-order chi connectivity index (χ0) is 17.8. The highest BCUT2D eigenvalue weighted by molar-refractivity contribution is 5.81. The van der Waals surface area contributed by atoms with E-state index in [9.17, 15) is 4.79 Å². The molecular weight excluding hydrogens is 328 g/mol. The van der Waals surface area contributed by atoms with Crippen LogP contribution in [0.15, 0.2) is 24.5 Å². The van der Waals surface area contributed by atoms with Gasteiger partial charge in [-0.05, 0) is 62.9 Å². The summed E-state index contributed by atoms with van der Waals surface area (Å²) < 4.78 is 6.13. The summed E-state index contributed by atoms with van der Waals surface area (Å²) in [6.07, 6.45) is 8.17. The number of hydrogen-bond donors (Lipinski definition) is 1. The zero-order valence-electron chi connectivity index (χ0n) is 15.5. The van der Waals surface area contributed by atoms with Crippen molar-refractivity contribution >= 4 is 5.91 Å². The van der Waals surface area contributed by atoms with Gasteiger partial charge in [-0.25, -0.2) is 0 Å². The third-order valence-electron chi connectivity index (χ3n) is 6.05. The average molecular weight is 358 g/mol. The number of amides is 1. The van der Waals surface area contributed by atoms with Gasteiger partial charge in [0, 0.05) is 38.6 Å². The summed E-state index contributed by atoms with van der Waals surface area (Å²) in [7, 11) is 0. The van der Waals surface area contributed by atoms with E-state index in [1.165, 1.54) is 32.5 Å². The molecule has 26 heavy (non-hydrogen) atoms. The second kappa shape index (κ2) is 8.46. The van der Waals surface area contributed by atoms with Crippen LogP contribution < -0.4 is 5.32 Å². The van der Waals surface area contributed by atoms with Gasteiger partial charge in [-0.2, -0.15) is 0 Å². The molecule has 3 saturated heterocycles. The van der Waals surface area contributed by atoms with Crippen molar-refractivity contribution in [3.63, 3.8) is 0 Å². The van der Waals surface area contributed by atoms with Crippen LogP contribution in [0.25, 0.3) is 0 Å². The van der Waals surface area contributed by atoms with Crippen LogP contribution in [0, 0.1) is 5.92 Å². The minimum atomic E-state index is -0.291. The molecule has 1 amide bonds. The predicted molar refractivity (Wildman–Crippen MR) is 99.6 cm³/mol. The van der Waals surface area contributed by atoms with Crippen LogP contribution in [0.1, 0.15) is 31.2 Å². The molecule has 1 aromatic heterocycles. The van der Waals surface area contributed by atoms with Crippen LogP contribution in [0.5, 0.6) is 0 Å². The Bertz CT molecular complexity index is 591. The molecule has 3 aliphatic heterocycles. The minimum absolute atomic E-state index is 0.0202. The van der Waals surface area contributed by atoms with Gasteiger partial charge < -0.3 is 15.0 Å². The molecule has 0 unspecified atom stereocenters. The number of hydrogen-bond acceptors (Lipinski definition) is 5. The first-order chi connectivity index (χ1) is 12.8. The Morgan fingerprint density at radius 1 is 1.23 bits per heavy atom. The molecular formula is C20H30N4O2. The maximum atomic E-state index is 12.5. The Balaban J connectivity index is 1.21. The number of carbonyl (C=O) groups is 1. The number of fused-ring (bicyclic) bond motifs is 1. The Labute approximate surface area is 155 Å². The van der Waals surface area contributed by atoms with E-state index < -0.39 is 0 Å². The number of piperidine rings is 1. The Hall–Kier alpha value is -1.50. The van der Waals surface area contributed by atoms with Gasteiger partial charge >= 0.3 is 0 Å². The van der Waals surface area contributed by atoms with Crippen molar-refractivity contribution in [2.75, 3.05) is 39.3 Å². The number of rotatable bonds is 6. The van der Waals surface area contributed by atoms with Crippen LogP contribution in [0.3, 0.4) is 0 Å². The molecule has 3 atom stereocenters. The average Bonchev–Trinajstić information content (AvgIpc) is 3.34. The van der Waals surface area contributed by atoms with Crippen LogP contribution in [-0.4, -0.2) is 72.2 Å². The van der Waals surface area contributed by atoms with Gasteiger partial charge in [0.2, 0.25) is 5.91 Å². The lowest BCUT2D eigenvalue weighted by molar-refractivity contribution is -0.133. The van der Waals surface area contributed by atoms with E-state index in [1.54, 1.807) is 12.4 Å².